The fourth-order valence-electron chi connectivity index (χ4n) is 2.53. The van der Waals surface area contributed by atoms with Crippen LogP contribution in [-0.4, -0.2) is 28.1 Å². The Morgan fingerprint density at radius 3 is 2.67 bits per heavy atom. The third kappa shape index (κ3) is 4.13. The average molecular weight is 404 g/mol. The Kier molecular flexibility index (Phi) is 5.15. The summed E-state index contributed by atoms with van der Waals surface area (Å²) in [5, 5.41) is 23.8. The van der Waals surface area contributed by atoms with Crippen molar-refractivity contribution in [2.24, 2.45) is 0 Å². The molecule has 21 heavy (non-hydrogen) atoms. The molecule has 1 amide bonds. The van der Waals surface area contributed by atoms with Gasteiger partial charge in [0.15, 0.2) is 0 Å². The number of nitrogens with one attached hydrogen (secondary N) is 1. The van der Waals surface area contributed by atoms with Crippen LogP contribution in [0.4, 0.5) is 5.69 Å². The van der Waals surface area contributed by atoms with Gasteiger partial charge < -0.3 is 10.4 Å². The number of rotatable bonds is 4. The highest BCUT2D eigenvalue weighted by Crippen LogP contribution is 2.27. The van der Waals surface area contributed by atoms with Gasteiger partial charge in [-0.25, -0.2) is 0 Å². The minimum atomic E-state index is -0.847. The molecule has 0 atom stereocenters. The number of amides is 1. The second-order valence-electron chi connectivity index (χ2n) is 5.39. The quantitative estimate of drug-likeness (QED) is 0.459. The molecule has 6 nitrogen and oxygen atoms in total. The van der Waals surface area contributed by atoms with E-state index >= 15 is 0 Å². The van der Waals surface area contributed by atoms with Gasteiger partial charge >= 0.3 is 0 Å². The van der Waals surface area contributed by atoms with Crippen LogP contribution in [0.3, 0.4) is 0 Å². The van der Waals surface area contributed by atoms with Crippen LogP contribution in [0.2, 0.25) is 0 Å². The number of nitro groups is 1. The maximum absolute atomic E-state index is 12.2. The molecular weight excluding hydrogens is 387 g/mol. The van der Waals surface area contributed by atoms with Gasteiger partial charge in [-0.3, -0.25) is 14.9 Å². The van der Waals surface area contributed by atoms with Gasteiger partial charge in [-0.05, 0) is 41.5 Å². The Labute approximate surface area is 136 Å². The molecule has 1 fully saturated rings. The minimum Gasteiger partial charge on any atom is -0.388 e. The van der Waals surface area contributed by atoms with E-state index in [4.69, 9.17) is 0 Å². The molecule has 0 heterocycles. The first-order valence-electron chi connectivity index (χ1n) is 6.86. The third-order valence-corrected chi connectivity index (χ3v) is 4.71. The molecule has 1 aromatic rings. The molecule has 0 saturated heterocycles. The summed E-state index contributed by atoms with van der Waals surface area (Å²) in [7, 11) is 0. The lowest BCUT2D eigenvalue weighted by molar-refractivity contribution is -0.384. The second kappa shape index (κ2) is 6.69. The predicted octanol–water partition coefficient (Wildman–Crippen LogP) is 2.62. The first-order valence-corrected chi connectivity index (χ1v) is 7.94. The zero-order chi connectivity index (χ0) is 15.5. The van der Waals surface area contributed by atoms with Crippen LogP contribution in [0.5, 0.6) is 0 Å². The molecule has 1 aliphatic rings. The van der Waals surface area contributed by atoms with E-state index in [0.717, 1.165) is 19.3 Å². The van der Waals surface area contributed by atoms with Crippen molar-refractivity contribution in [3.63, 3.8) is 0 Å². The van der Waals surface area contributed by atoms with Crippen molar-refractivity contribution in [1.29, 1.82) is 0 Å². The van der Waals surface area contributed by atoms with Crippen LogP contribution < -0.4 is 5.32 Å². The van der Waals surface area contributed by atoms with Gasteiger partial charge in [0.2, 0.25) is 0 Å². The van der Waals surface area contributed by atoms with E-state index in [2.05, 4.69) is 5.32 Å². The Balaban J connectivity index is 2.06. The SMILES string of the molecule is O=C(NCC1(O)CCCCC1)c1cc([N+](=O)[O-])ccc1I. The Morgan fingerprint density at radius 1 is 1.38 bits per heavy atom. The Morgan fingerprint density at radius 2 is 2.05 bits per heavy atom. The number of nitrogens with zero attached hydrogens (tertiary/aromatic N) is 1. The molecular formula is C14H17IN2O4. The van der Waals surface area contributed by atoms with Gasteiger partial charge in [0.1, 0.15) is 0 Å². The van der Waals surface area contributed by atoms with E-state index in [0.29, 0.717) is 16.4 Å². The smallest absolute Gasteiger partial charge is 0.270 e. The first-order chi connectivity index (χ1) is 9.91. The zero-order valence-corrected chi connectivity index (χ0v) is 13.6. The van der Waals surface area contributed by atoms with E-state index in [1.165, 1.54) is 12.1 Å². The number of carbonyl (C=O) groups excluding carboxylic acids is 1. The van der Waals surface area contributed by atoms with E-state index in [-0.39, 0.29) is 23.7 Å². The van der Waals surface area contributed by atoms with Gasteiger partial charge in [-0.15, -0.1) is 0 Å². The molecule has 0 aromatic heterocycles. The summed E-state index contributed by atoms with van der Waals surface area (Å²) in [6, 6.07) is 4.18. The number of hydrogen-bond acceptors (Lipinski definition) is 4. The average Bonchev–Trinajstić information content (AvgIpc) is 2.46. The summed E-state index contributed by atoms with van der Waals surface area (Å²) in [5.74, 6) is -0.387. The van der Waals surface area contributed by atoms with Crippen molar-refractivity contribution in [2.75, 3.05) is 6.54 Å². The second-order valence-corrected chi connectivity index (χ2v) is 6.55. The van der Waals surface area contributed by atoms with Crippen LogP contribution in [0.25, 0.3) is 0 Å². The number of benzene rings is 1. The van der Waals surface area contributed by atoms with Crippen LogP contribution in [0, 0.1) is 13.7 Å². The highest BCUT2D eigenvalue weighted by Gasteiger charge is 2.29. The van der Waals surface area contributed by atoms with Crippen LogP contribution in [0.15, 0.2) is 18.2 Å². The topological polar surface area (TPSA) is 92.5 Å². The summed E-state index contributed by atoms with van der Waals surface area (Å²) >= 11 is 1.97. The van der Waals surface area contributed by atoms with Gasteiger partial charge in [0, 0.05) is 22.2 Å². The lowest BCUT2D eigenvalue weighted by Gasteiger charge is -2.32. The number of halogens is 1. The van der Waals surface area contributed by atoms with Gasteiger partial charge in [0.05, 0.1) is 16.1 Å². The molecule has 2 rings (SSSR count). The molecule has 0 spiro atoms. The molecule has 1 aromatic carbocycles. The fraction of sp³-hybridized carbons (Fsp3) is 0.500. The number of hydrogen-bond donors (Lipinski definition) is 2. The number of aliphatic hydroxyl groups is 1. The van der Waals surface area contributed by atoms with Gasteiger partial charge in [-0.1, -0.05) is 19.3 Å². The van der Waals surface area contributed by atoms with Crippen LogP contribution in [0.1, 0.15) is 42.5 Å². The predicted molar refractivity (Wildman–Crippen MR) is 86.2 cm³/mol. The molecule has 7 heteroatoms. The number of non-ortho nitro benzene ring substituents is 1. The zero-order valence-electron chi connectivity index (χ0n) is 11.5. The van der Waals surface area contributed by atoms with Crippen molar-refractivity contribution < 1.29 is 14.8 Å². The first kappa shape index (κ1) is 16.2. The summed E-state index contributed by atoms with van der Waals surface area (Å²) in [4.78, 5) is 22.4. The maximum atomic E-state index is 12.2. The number of carbonyl (C=O) groups is 1. The molecule has 1 saturated carbocycles. The van der Waals surface area contributed by atoms with Crippen molar-refractivity contribution in [2.45, 2.75) is 37.7 Å². The fourth-order valence-corrected chi connectivity index (χ4v) is 3.11. The largest absolute Gasteiger partial charge is 0.388 e. The van der Waals surface area contributed by atoms with Crippen molar-refractivity contribution >= 4 is 34.2 Å². The molecule has 0 radical (unpaired) electrons. The summed E-state index contributed by atoms with van der Waals surface area (Å²) in [6.45, 7) is 0.185. The van der Waals surface area contributed by atoms with Gasteiger partial charge in [-0.2, -0.15) is 0 Å². The number of nitro benzene ring substituents is 1. The van der Waals surface area contributed by atoms with Crippen molar-refractivity contribution in [3.05, 3.63) is 37.4 Å². The highest BCUT2D eigenvalue weighted by molar-refractivity contribution is 14.1. The highest BCUT2D eigenvalue weighted by atomic mass is 127. The molecule has 0 aliphatic heterocycles. The molecule has 0 unspecified atom stereocenters. The van der Waals surface area contributed by atoms with Crippen molar-refractivity contribution in [3.8, 4) is 0 Å². The van der Waals surface area contributed by atoms with E-state index in [9.17, 15) is 20.0 Å². The Hall–Kier alpha value is -1.22. The molecule has 1 aliphatic carbocycles. The summed E-state index contributed by atoms with van der Waals surface area (Å²) < 4.78 is 0.645. The van der Waals surface area contributed by atoms with E-state index in [1.54, 1.807) is 6.07 Å². The van der Waals surface area contributed by atoms with Crippen molar-refractivity contribution in [1.82, 2.24) is 5.32 Å². The van der Waals surface area contributed by atoms with Crippen LogP contribution in [-0.2, 0) is 0 Å². The normalized spacial score (nSPS) is 17.2. The summed E-state index contributed by atoms with van der Waals surface area (Å²) in [6.07, 6.45) is 4.39. The van der Waals surface area contributed by atoms with Crippen LogP contribution >= 0.6 is 22.6 Å². The van der Waals surface area contributed by atoms with E-state index < -0.39 is 10.5 Å². The third-order valence-electron chi connectivity index (χ3n) is 3.77. The standard InChI is InChI=1S/C14H17IN2O4/c15-12-5-4-10(17(20)21)8-11(12)13(18)16-9-14(19)6-2-1-3-7-14/h4-5,8,19H,1-3,6-7,9H2,(H,16,18). The molecule has 114 valence electrons. The monoisotopic (exact) mass is 404 g/mol. The lowest BCUT2D eigenvalue weighted by atomic mass is 9.85. The summed E-state index contributed by atoms with van der Waals surface area (Å²) in [5.41, 5.74) is -0.693. The maximum Gasteiger partial charge on any atom is 0.270 e. The minimum absolute atomic E-state index is 0.114. The Bertz CT molecular complexity index is 556. The van der Waals surface area contributed by atoms with E-state index in [1.807, 2.05) is 22.6 Å². The lowest BCUT2D eigenvalue weighted by Crippen LogP contribution is -2.44. The molecule has 0 bridgehead atoms. The molecule has 2 N–H and O–H groups in total. The van der Waals surface area contributed by atoms with Gasteiger partial charge in [0.25, 0.3) is 11.6 Å².